The van der Waals surface area contributed by atoms with E-state index in [0.29, 0.717) is 37.7 Å². The second-order valence-electron chi connectivity index (χ2n) is 7.00. The minimum absolute atomic E-state index is 0.0553. The molecule has 1 saturated heterocycles. The average molecular weight is 378 g/mol. The molecule has 0 aliphatic carbocycles. The molecule has 0 bridgehead atoms. The van der Waals surface area contributed by atoms with Crippen LogP contribution in [0.15, 0.2) is 18.2 Å². The number of hydrogen-bond donors (Lipinski definition) is 1. The maximum Gasteiger partial charge on any atom is 0.225 e. The van der Waals surface area contributed by atoms with Gasteiger partial charge in [-0.2, -0.15) is 0 Å². The van der Waals surface area contributed by atoms with Crippen molar-refractivity contribution in [1.29, 1.82) is 0 Å². The number of amides is 2. The van der Waals surface area contributed by atoms with E-state index in [-0.39, 0.29) is 29.6 Å². The number of ether oxygens (including phenoxy) is 3. The highest BCUT2D eigenvalue weighted by atomic mass is 16.5. The molecule has 1 heterocycles. The van der Waals surface area contributed by atoms with Crippen molar-refractivity contribution in [3.8, 4) is 11.5 Å². The van der Waals surface area contributed by atoms with Crippen molar-refractivity contribution < 1.29 is 23.8 Å². The van der Waals surface area contributed by atoms with Gasteiger partial charge in [-0.15, -0.1) is 0 Å². The predicted octanol–water partition coefficient (Wildman–Crippen LogP) is 1.66. The third-order valence-corrected chi connectivity index (χ3v) is 4.91. The molecule has 0 radical (unpaired) electrons. The average Bonchev–Trinajstić information content (AvgIpc) is 3.11. The molecule has 0 spiro atoms. The van der Waals surface area contributed by atoms with Gasteiger partial charge in [0.15, 0.2) is 0 Å². The fourth-order valence-electron chi connectivity index (χ4n) is 3.46. The fraction of sp³-hybridized carbons (Fsp3) is 0.600. The molecule has 150 valence electrons. The van der Waals surface area contributed by atoms with Gasteiger partial charge in [0.25, 0.3) is 0 Å². The van der Waals surface area contributed by atoms with Gasteiger partial charge in [0.2, 0.25) is 11.8 Å². The highest BCUT2D eigenvalue weighted by Crippen LogP contribution is 2.39. The maximum atomic E-state index is 12.8. The van der Waals surface area contributed by atoms with E-state index in [2.05, 4.69) is 5.32 Å². The SMILES string of the molecule is COCCNC(=O)[C@H]1CN(C(=O)C(C)C)C[C@H]1c1ccc(OC)cc1OC. The zero-order chi connectivity index (χ0) is 20.0. The zero-order valence-electron chi connectivity index (χ0n) is 16.8. The molecule has 0 unspecified atom stereocenters. The number of nitrogens with one attached hydrogen (secondary N) is 1. The molecule has 1 aliphatic rings. The fourth-order valence-corrected chi connectivity index (χ4v) is 3.46. The third-order valence-electron chi connectivity index (χ3n) is 4.91. The largest absolute Gasteiger partial charge is 0.497 e. The molecule has 7 nitrogen and oxygen atoms in total. The van der Waals surface area contributed by atoms with Gasteiger partial charge in [0.1, 0.15) is 11.5 Å². The van der Waals surface area contributed by atoms with E-state index in [1.807, 2.05) is 32.0 Å². The second-order valence-corrected chi connectivity index (χ2v) is 7.00. The van der Waals surface area contributed by atoms with Crippen LogP contribution in [0.3, 0.4) is 0 Å². The lowest BCUT2D eigenvalue weighted by Gasteiger charge is -2.21. The van der Waals surface area contributed by atoms with Crippen LogP contribution in [0.5, 0.6) is 11.5 Å². The van der Waals surface area contributed by atoms with Crippen LogP contribution in [0, 0.1) is 11.8 Å². The first-order valence-corrected chi connectivity index (χ1v) is 9.20. The summed E-state index contributed by atoms with van der Waals surface area (Å²) in [6.45, 7) is 5.52. The zero-order valence-corrected chi connectivity index (χ0v) is 16.8. The summed E-state index contributed by atoms with van der Waals surface area (Å²) < 4.78 is 15.8. The van der Waals surface area contributed by atoms with E-state index in [4.69, 9.17) is 14.2 Å². The topological polar surface area (TPSA) is 77.1 Å². The predicted molar refractivity (Wildman–Crippen MR) is 102 cm³/mol. The second kappa shape index (κ2) is 9.60. The maximum absolute atomic E-state index is 12.8. The molecular weight excluding hydrogens is 348 g/mol. The Morgan fingerprint density at radius 3 is 2.52 bits per heavy atom. The number of likely N-dealkylation sites (tertiary alicyclic amines) is 1. The Kier molecular flexibility index (Phi) is 7.47. The number of methoxy groups -OCH3 is 3. The molecule has 1 aliphatic heterocycles. The summed E-state index contributed by atoms with van der Waals surface area (Å²) in [6, 6.07) is 5.58. The van der Waals surface area contributed by atoms with Crippen molar-refractivity contribution in [2.24, 2.45) is 11.8 Å². The molecule has 1 aromatic rings. The Balaban J connectivity index is 2.31. The third kappa shape index (κ3) is 4.91. The standard InChI is InChI=1S/C20H30N2O5/c1-13(2)20(24)22-11-16(17(12-22)19(23)21-8-9-25-3)15-7-6-14(26-4)10-18(15)27-5/h6-7,10,13,16-17H,8-9,11-12H2,1-5H3,(H,21,23)/t16-,17-/m0/s1. The normalized spacial score (nSPS) is 19.3. The first kappa shape index (κ1) is 21.0. The summed E-state index contributed by atoms with van der Waals surface area (Å²) in [7, 11) is 4.78. The van der Waals surface area contributed by atoms with Gasteiger partial charge < -0.3 is 24.4 Å². The van der Waals surface area contributed by atoms with E-state index in [1.54, 1.807) is 26.2 Å². The number of carbonyl (C=O) groups is 2. The number of hydrogen-bond acceptors (Lipinski definition) is 5. The van der Waals surface area contributed by atoms with Crippen molar-refractivity contribution >= 4 is 11.8 Å². The van der Waals surface area contributed by atoms with Gasteiger partial charge >= 0.3 is 0 Å². The van der Waals surface area contributed by atoms with Crippen molar-refractivity contribution in [3.63, 3.8) is 0 Å². The van der Waals surface area contributed by atoms with Crippen LogP contribution < -0.4 is 14.8 Å². The van der Waals surface area contributed by atoms with Crippen LogP contribution in [-0.2, 0) is 14.3 Å². The molecular formula is C20H30N2O5. The van der Waals surface area contributed by atoms with E-state index in [9.17, 15) is 9.59 Å². The van der Waals surface area contributed by atoms with Crippen LogP contribution in [0.2, 0.25) is 0 Å². The molecule has 1 fully saturated rings. The Hall–Kier alpha value is -2.28. The number of nitrogens with zero attached hydrogens (tertiary/aromatic N) is 1. The van der Waals surface area contributed by atoms with Gasteiger partial charge in [-0.3, -0.25) is 9.59 Å². The summed E-state index contributed by atoms with van der Waals surface area (Å²) in [5, 5.41) is 2.91. The quantitative estimate of drug-likeness (QED) is 0.696. The number of rotatable bonds is 8. The molecule has 1 aromatic carbocycles. The molecule has 27 heavy (non-hydrogen) atoms. The first-order chi connectivity index (χ1) is 12.9. The van der Waals surface area contributed by atoms with Crippen LogP contribution in [0.4, 0.5) is 0 Å². The summed E-state index contributed by atoms with van der Waals surface area (Å²) in [6.07, 6.45) is 0. The van der Waals surface area contributed by atoms with Crippen molar-refractivity contribution in [2.45, 2.75) is 19.8 Å². The highest BCUT2D eigenvalue weighted by molar-refractivity contribution is 5.84. The van der Waals surface area contributed by atoms with Gasteiger partial charge in [0.05, 0.1) is 26.7 Å². The van der Waals surface area contributed by atoms with Crippen molar-refractivity contribution in [1.82, 2.24) is 10.2 Å². The highest BCUT2D eigenvalue weighted by Gasteiger charge is 2.41. The summed E-state index contributed by atoms with van der Waals surface area (Å²) >= 11 is 0. The van der Waals surface area contributed by atoms with Gasteiger partial charge in [-0.1, -0.05) is 19.9 Å². The minimum atomic E-state index is -0.341. The van der Waals surface area contributed by atoms with Gasteiger partial charge in [-0.05, 0) is 6.07 Å². The lowest BCUT2D eigenvalue weighted by molar-refractivity contribution is -0.133. The minimum Gasteiger partial charge on any atom is -0.497 e. The van der Waals surface area contributed by atoms with E-state index < -0.39 is 0 Å². The molecule has 2 rings (SSSR count). The lowest BCUT2D eigenvalue weighted by atomic mass is 9.87. The Bertz CT molecular complexity index is 662. The van der Waals surface area contributed by atoms with Gasteiger partial charge in [0, 0.05) is 50.2 Å². The summed E-state index contributed by atoms with van der Waals surface area (Å²) in [4.78, 5) is 27.1. The molecule has 1 N–H and O–H groups in total. The molecule has 7 heteroatoms. The monoisotopic (exact) mass is 378 g/mol. The van der Waals surface area contributed by atoms with Crippen molar-refractivity contribution in [3.05, 3.63) is 23.8 Å². The van der Waals surface area contributed by atoms with Crippen LogP contribution >= 0.6 is 0 Å². The van der Waals surface area contributed by atoms with E-state index in [1.165, 1.54) is 0 Å². The lowest BCUT2D eigenvalue weighted by Crippen LogP contribution is -2.37. The van der Waals surface area contributed by atoms with Crippen LogP contribution in [-0.4, -0.2) is 64.3 Å². The van der Waals surface area contributed by atoms with E-state index in [0.717, 1.165) is 5.56 Å². The Morgan fingerprint density at radius 1 is 1.19 bits per heavy atom. The first-order valence-electron chi connectivity index (χ1n) is 9.20. The van der Waals surface area contributed by atoms with E-state index >= 15 is 0 Å². The Morgan fingerprint density at radius 2 is 1.93 bits per heavy atom. The number of benzene rings is 1. The smallest absolute Gasteiger partial charge is 0.225 e. The molecule has 2 amide bonds. The number of carbonyl (C=O) groups excluding carboxylic acids is 2. The van der Waals surface area contributed by atoms with Gasteiger partial charge in [-0.25, -0.2) is 0 Å². The van der Waals surface area contributed by atoms with Crippen LogP contribution in [0.25, 0.3) is 0 Å². The Labute approximate surface area is 161 Å². The summed E-state index contributed by atoms with van der Waals surface area (Å²) in [5.41, 5.74) is 0.907. The van der Waals surface area contributed by atoms with Crippen LogP contribution in [0.1, 0.15) is 25.3 Å². The summed E-state index contributed by atoms with van der Waals surface area (Å²) in [5.74, 6) is 0.730. The molecule has 2 atom stereocenters. The van der Waals surface area contributed by atoms with Crippen molar-refractivity contribution in [2.75, 3.05) is 47.6 Å². The molecule has 0 aromatic heterocycles. The molecule has 0 saturated carbocycles.